The van der Waals surface area contributed by atoms with Gasteiger partial charge < -0.3 is 15.0 Å². The van der Waals surface area contributed by atoms with Gasteiger partial charge in [0.05, 0.1) is 7.11 Å². The molecule has 0 bridgehead atoms. The molecule has 4 nitrogen and oxygen atoms in total. The molecule has 0 unspecified atom stereocenters. The van der Waals surface area contributed by atoms with Crippen LogP contribution in [0.1, 0.15) is 31.9 Å². The van der Waals surface area contributed by atoms with Crippen molar-refractivity contribution in [2.45, 2.75) is 33.1 Å². The van der Waals surface area contributed by atoms with E-state index in [1.54, 1.807) is 7.11 Å². The van der Waals surface area contributed by atoms with Crippen LogP contribution in [-0.4, -0.2) is 12.3 Å². The summed E-state index contributed by atoms with van der Waals surface area (Å²) in [5, 5.41) is 4.02. The first-order chi connectivity index (χ1) is 8.84. The molecule has 2 aromatic rings. The number of nitrogens with two attached hydrogens (primary N) is 1. The standard InChI is InChI=1S/C15H20N2O2/c1-9-13(17-19-14(9)16)10-6-7-12(18-5)11(8-10)15(2,3)4/h6-8H,16H2,1-5H3. The van der Waals surface area contributed by atoms with Crippen molar-refractivity contribution in [2.75, 3.05) is 12.8 Å². The van der Waals surface area contributed by atoms with Crippen LogP contribution in [0.25, 0.3) is 11.3 Å². The summed E-state index contributed by atoms with van der Waals surface area (Å²) in [4.78, 5) is 0. The van der Waals surface area contributed by atoms with Crippen molar-refractivity contribution < 1.29 is 9.26 Å². The molecule has 0 saturated carbocycles. The van der Waals surface area contributed by atoms with E-state index in [0.29, 0.717) is 5.88 Å². The molecule has 102 valence electrons. The number of hydrogen-bond acceptors (Lipinski definition) is 4. The van der Waals surface area contributed by atoms with Crippen molar-refractivity contribution in [3.8, 4) is 17.0 Å². The second-order valence-electron chi connectivity index (χ2n) is 5.69. The molecule has 0 radical (unpaired) electrons. The Morgan fingerprint density at radius 3 is 2.42 bits per heavy atom. The van der Waals surface area contributed by atoms with Gasteiger partial charge in [0.2, 0.25) is 5.88 Å². The molecule has 0 aliphatic carbocycles. The minimum absolute atomic E-state index is 0.00939. The summed E-state index contributed by atoms with van der Waals surface area (Å²) in [6, 6.07) is 6.02. The number of aromatic nitrogens is 1. The van der Waals surface area contributed by atoms with Crippen molar-refractivity contribution in [3.63, 3.8) is 0 Å². The van der Waals surface area contributed by atoms with Gasteiger partial charge in [0.25, 0.3) is 0 Å². The van der Waals surface area contributed by atoms with Gasteiger partial charge in [0, 0.05) is 16.7 Å². The molecule has 4 heteroatoms. The molecule has 0 amide bonds. The average Bonchev–Trinajstić information content (AvgIpc) is 2.68. The van der Waals surface area contributed by atoms with E-state index in [-0.39, 0.29) is 5.41 Å². The van der Waals surface area contributed by atoms with E-state index in [0.717, 1.165) is 28.1 Å². The van der Waals surface area contributed by atoms with Crippen LogP contribution in [0.2, 0.25) is 0 Å². The summed E-state index contributed by atoms with van der Waals surface area (Å²) >= 11 is 0. The van der Waals surface area contributed by atoms with Crippen molar-refractivity contribution >= 4 is 5.88 Å². The molecule has 1 aromatic carbocycles. The summed E-state index contributed by atoms with van der Waals surface area (Å²) in [6.45, 7) is 8.36. The Kier molecular flexibility index (Phi) is 3.27. The van der Waals surface area contributed by atoms with Gasteiger partial charge in [0.1, 0.15) is 11.4 Å². The number of nitrogens with zero attached hydrogens (tertiary/aromatic N) is 1. The maximum atomic E-state index is 5.70. The number of benzene rings is 1. The fraction of sp³-hybridized carbons (Fsp3) is 0.400. The van der Waals surface area contributed by atoms with Crippen molar-refractivity contribution in [3.05, 3.63) is 29.3 Å². The number of ether oxygens (including phenoxy) is 1. The predicted octanol–water partition coefficient (Wildman–Crippen LogP) is 3.54. The second-order valence-corrected chi connectivity index (χ2v) is 5.69. The molecule has 0 fully saturated rings. The molecule has 1 heterocycles. The summed E-state index contributed by atoms with van der Waals surface area (Å²) < 4.78 is 10.5. The van der Waals surface area contributed by atoms with E-state index in [4.69, 9.17) is 15.0 Å². The third-order valence-electron chi connectivity index (χ3n) is 3.24. The molecule has 0 spiro atoms. The third kappa shape index (κ3) is 2.43. The molecule has 0 atom stereocenters. The van der Waals surface area contributed by atoms with Gasteiger partial charge in [-0.3, -0.25) is 0 Å². The van der Waals surface area contributed by atoms with E-state index < -0.39 is 0 Å². The maximum Gasteiger partial charge on any atom is 0.225 e. The molecule has 2 N–H and O–H groups in total. The van der Waals surface area contributed by atoms with E-state index in [2.05, 4.69) is 32.0 Å². The molecule has 2 rings (SSSR count). The second kappa shape index (κ2) is 4.61. The van der Waals surface area contributed by atoms with Gasteiger partial charge in [-0.2, -0.15) is 0 Å². The lowest BCUT2D eigenvalue weighted by atomic mass is 9.85. The normalized spacial score (nSPS) is 11.6. The highest BCUT2D eigenvalue weighted by Crippen LogP contribution is 2.36. The Morgan fingerprint density at radius 2 is 1.95 bits per heavy atom. The SMILES string of the molecule is COc1ccc(-c2noc(N)c2C)cc1C(C)(C)C. The molecule has 19 heavy (non-hydrogen) atoms. The van der Waals surface area contributed by atoms with Crippen LogP contribution in [0.3, 0.4) is 0 Å². The number of nitrogen functional groups attached to an aromatic ring is 1. The van der Waals surface area contributed by atoms with Gasteiger partial charge in [-0.05, 0) is 30.5 Å². The van der Waals surface area contributed by atoms with Gasteiger partial charge in [-0.25, -0.2) is 0 Å². The smallest absolute Gasteiger partial charge is 0.225 e. The van der Waals surface area contributed by atoms with Gasteiger partial charge >= 0.3 is 0 Å². The van der Waals surface area contributed by atoms with Crippen LogP contribution < -0.4 is 10.5 Å². The van der Waals surface area contributed by atoms with Crippen LogP contribution in [0.15, 0.2) is 22.7 Å². The van der Waals surface area contributed by atoms with Crippen LogP contribution in [0.5, 0.6) is 5.75 Å². The van der Waals surface area contributed by atoms with Gasteiger partial charge in [0.15, 0.2) is 0 Å². The van der Waals surface area contributed by atoms with Crippen molar-refractivity contribution in [2.24, 2.45) is 0 Å². The lowest BCUT2D eigenvalue weighted by Gasteiger charge is -2.22. The Labute approximate surface area is 113 Å². The topological polar surface area (TPSA) is 61.3 Å². The number of anilines is 1. The Balaban J connectivity index is 2.58. The highest BCUT2D eigenvalue weighted by Gasteiger charge is 2.21. The minimum Gasteiger partial charge on any atom is -0.496 e. The number of hydrogen-bond donors (Lipinski definition) is 1. The highest BCUT2D eigenvalue weighted by atomic mass is 16.5. The average molecular weight is 260 g/mol. The zero-order chi connectivity index (χ0) is 14.2. The highest BCUT2D eigenvalue weighted by molar-refractivity contribution is 5.68. The summed E-state index contributed by atoms with van der Waals surface area (Å²) in [7, 11) is 1.68. The zero-order valence-electron chi connectivity index (χ0n) is 12.1. The van der Waals surface area contributed by atoms with E-state index in [1.165, 1.54) is 0 Å². The molecule has 0 aliphatic heterocycles. The van der Waals surface area contributed by atoms with Crippen LogP contribution in [-0.2, 0) is 5.41 Å². The first kappa shape index (κ1) is 13.5. The monoisotopic (exact) mass is 260 g/mol. The fourth-order valence-electron chi connectivity index (χ4n) is 2.06. The van der Waals surface area contributed by atoms with Gasteiger partial charge in [-0.1, -0.05) is 25.9 Å². The van der Waals surface area contributed by atoms with E-state index in [9.17, 15) is 0 Å². The predicted molar refractivity (Wildman–Crippen MR) is 76.3 cm³/mol. The van der Waals surface area contributed by atoms with E-state index in [1.807, 2.05) is 19.1 Å². The van der Waals surface area contributed by atoms with E-state index >= 15 is 0 Å². The summed E-state index contributed by atoms with van der Waals surface area (Å²) in [5.74, 6) is 1.24. The largest absolute Gasteiger partial charge is 0.496 e. The molecule has 1 aromatic heterocycles. The first-order valence-electron chi connectivity index (χ1n) is 6.25. The molecular formula is C15H20N2O2. The van der Waals surface area contributed by atoms with Crippen LogP contribution in [0, 0.1) is 6.92 Å². The number of rotatable bonds is 2. The Hall–Kier alpha value is -1.97. The lowest BCUT2D eigenvalue weighted by molar-refractivity contribution is 0.397. The Morgan fingerprint density at radius 1 is 1.26 bits per heavy atom. The van der Waals surface area contributed by atoms with Crippen molar-refractivity contribution in [1.82, 2.24) is 5.16 Å². The molecular weight excluding hydrogens is 240 g/mol. The first-order valence-corrected chi connectivity index (χ1v) is 6.25. The fourth-order valence-corrected chi connectivity index (χ4v) is 2.06. The Bertz CT molecular complexity index is 595. The van der Waals surface area contributed by atoms with Crippen molar-refractivity contribution in [1.29, 1.82) is 0 Å². The lowest BCUT2D eigenvalue weighted by Crippen LogP contribution is -2.13. The molecule has 0 saturated heterocycles. The van der Waals surface area contributed by atoms with Gasteiger partial charge in [-0.15, -0.1) is 0 Å². The number of methoxy groups -OCH3 is 1. The van der Waals surface area contributed by atoms with Crippen LogP contribution in [0.4, 0.5) is 5.88 Å². The molecule has 0 aliphatic rings. The zero-order valence-corrected chi connectivity index (χ0v) is 12.1. The quantitative estimate of drug-likeness (QED) is 0.897. The minimum atomic E-state index is -0.00939. The summed E-state index contributed by atoms with van der Waals surface area (Å²) in [5.41, 5.74) is 9.47. The third-order valence-corrected chi connectivity index (χ3v) is 3.24. The van der Waals surface area contributed by atoms with Crippen LogP contribution >= 0.6 is 0 Å². The summed E-state index contributed by atoms with van der Waals surface area (Å²) in [6.07, 6.45) is 0. The maximum absolute atomic E-state index is 5.70.